The van der Waals surface area contributed by atoms with Crippen molar-refractivity contribution in [2.45, 2.75) is 0 Å². The molecule has 0 radical (unpaired) electrons. The lowest BCUT2D eigenvalue weighted by Gasteiger charge is -2.23. The maximum absolute atomic E-state index is 3.15. The molecule has 0 amide bonds. The smallest absolute Gasteiger partial charge is 0.0346 e. The van der Waals surface area contributed by atoms with Crippen LogP contribution in [0.3, 0.4) is 0 Å². The maximum Gasteiger partial charge on any atom is 0.0346 e. The van der Waals surface area contributed by atoms with E-state index in [1.807, 2.05) is 13.2 Å². The monoisotopic (exact) mass is 141 g/mol. The van der Waals surface area contributed by atoms with E-state index >= 15 is 0 Å². The van der Waals surface area contributed by atoms with Gasteiger partial charge in [0.15, 0.2) is 0 Å². The van der Waals surface area contributed by atoms with Gasteiger partial charge in [-0.3, -0.25) is 0 Å². The van der Waals surface area contributed by atoms with Gasteiger partial charge < -0.3 is 15.5 Å². The highest BCUT2D eigenvalue weighted by molar-refractivity contribution is 4.86. The Hall–Kier alpha value is -0.700. The van der Waals surface area contributed by atoms with E-state index in [0.717, 1.165) is 26.2 Å². The second-order valence-corrected chi connectivity index (χ2v) is 2.41. The SMILES string of the molecule is CNCCN1C=CNCC1. The van der Waals surface area contributed by atoms with Crippen LogP contribution < -0.4 is 10.6 Å². The predicted molar refractivity (Wildman–Crippen MR) is 42.6 cm³/mol. The van der Waals surface area contributed by atoms with Crippen molar-refractivity contribution in [1.29, 1.82) is 0 Å². The summed E-state index contributed by atoms with van der Waals surface area (Å²) in [6, 6.07) is 0. The van der Waals surface area contributed by atoms with E-state index in [0.29, 0.717) is 0 Å². The highest BCUT2D eigenvalue weighted by Gasteiger charge is 1.99. The molecule has 1 aliphatic heterocycles. The molecule has 0 bridgehead atoms. The molecule has 3 nitrogen and oxygen atoms in total. The van der Waals surface area contributed by atoms with Crippen molar-refractivity contribution in [3.05, 3.63) is 12.4 Å². The summed E-state index contributed by atoms with van der Waals surface area (Å²) in [5.41, 5.74) is 0. The molecule has 0 aromatic carbocycles. The highest BCUT2D eigenvalue weighted by Crippen LogP contribution is 1.90. The lowest BCUT2D eigenvalue weighted by atomic mass is 10.4. The normalized spacial score (nSPS) is 17.1. The number of hydrogen-bond acceptors (Lipinski definition) is 3. The fourth-order valence-electron chi connectivity index (χ4n) is 0.966. The largest absolute Gasteiger partial charge is 0.388 e. The van der Waals surface area contributed by atoms with Crippen LogP contribution in [0.2, 0.25) is 0 Å². The molecule has 0 atom stereocenters. The lowest BCUT2D eigenvalue weighted by molar-refractivity contribution is 0.360. The molecule has 0 saturated carbocycles. The first-order valence-electron chi connectivity index (χ1n) is 3.72. The van der Waals surface area contributed by atoms with Gasteiger partial charge in [-0.1, -0.05) is 0 Å². The first-order valence-corrected chi connectivity index (χ1v) is 3.72. The third kappa shape index (κ3) is 2.27. The van der Waals surface area contributed by atoms with E-state index in [-0.39, 0.29) is 0 Å². The molecular weight excluding hydrogens is 126 g/mol. The van der Waals surface area contributed by atoms with Crippen molar-refractivity contribution in [3.8, 4) is 0 Å². The van der Waals surface area contributed by atoms with E-state index in [9.17, 15) is 0 Å². The van der Waals surface area contributed by atoms with E-state index in [2.05, 4.69) is 21.7 Å². The minimum absolute atomic E-state index is 1.06. The average molecular weight is 141 g/mol. The fourth-order valence-corrected chi connectivity index (χ4v) is 0.966. The van der Waals surface area contributed by atoms with Crippen LogP contribution in [0.1, 0.15) is 0 Å². The number of hydrogen-bond donors (Lipinski definition) is 2. The fraction of sp³-hybridized carbons (Fsp3) is 0.714. The molecule has 0 saturated heterocycles. The quantitative estimate of drug-likeness (QED) is 0.559. The Kier molecular flexibility index (Phi) is 3.09. The van der Waals surface area contributed by atoms with Gasteiger partial charge >= 0.3 is 0 Å². The van der Waals surface area contributed by atoms with Crippen molar-refractivity contribution in [3.63, 3.8) is 0 Å². The molecule has 1 aliphatic rings. The summed E-state index contributed by atoms with van der Waals surface area (Å²) in [7, 11) is 1.98. The van der Waals surface area contributed by atoms with Gasteiger partial charge in [-0.05, 0) is 7.05 Å². The molecule has 1 rings (SSSR count). The average Bonchev–Trinajstić information content (AvgIpc) is 2.03. The van der Waals surface area contributed by atoms with Gasteiger partial charge in [0.05, 0.1) is 0 Å². The van der Waals surface area contributed by atoms with Crippen molar-refractivity contribution in [2.24, 2.45) is 0 Å². The molecular formula is C7H15N3. The predicted octanol–water partition coefficient (Wildman–Crippen LogP) is -0.418. The van der Waals surface area contributed by atoms with Gasteiger partial charge in [0.2, 0.25) is 0 Å². The van der Waals surface area contributed by atoms with Crippen LogP contribution >= 0.6 is 0 Å². The Morgan fingerprint density at radius 3 is 3.20 bits per heavy atom. The van der Waals surface area contributed by atoms with E-state index in [1.165, 1.54) is 0 Å². The van der Waals surface area contributed by atoms with E-state index < -0.39 is 0 Å². The molecule has 0 aromatic heterocycles. The number of nitrogens with one attached hydrogen (secondary N) is 2. The summed E-state index contributed by atoms with van der Waals surface area (Å²) >= 11 is 0. The van der Waals surface area contributed by atoms with Gasteiger partial charge in [-0.15, -0.1) is 0 Å². The number of nitrogens with zero attached hydrogens (tertiary/aromatic N) is 1. The first kappa shape index (κ1) is 7.41. The minimum atomic E-state index is 1.06. The van der Waals surface area contributed by atoms with Gasteiger partial charge in [0, 0.05) is 38.6 Å². The Bertz CT molecular complexity index is 111. The summed E-state index contributed by atoms with van der Waals surface area (Å²) in [5, 5.41) is 6.27. The molecule has 0 aromatic rings. The molecule has 0 fully saturated rings. The van der Waals surface area contributed by atoms with Crippen molar-refractivity contribution >= 4 is 0 Å². The minimum Gasteiger partial charge on any atom is -0.388 e. The molecule has 0 spiro atoms. The standard InChI is InChI=1S/C7H15N3/c1-8-2-5-10-6-3-9-4-7-10/h3,6,8-9H,2,4-5,7H2,1H3. The molecule has 0 aliphatic carbocycles. The molecule has 2 N–H and O–H groups in total. The third-order valence-electron chi connectivity index (χ3n) is 1.60. The van der Waals surface area contributed by atoms with Gasteiger partial charge in [-0.25, -0.2) is 0 Å². The maximum atomic E-state index is 3.15. The summed E-state index contributed by atoms with van der Waals surface area (Å²) in [6.45, 7) is 4.36. The van der Waals surface area contributed by atoms with Crippen molar-refractivity contribution in [2.75, 3.05) is 33.2 Å². The molecule has 3 heteroatoms. The van der Waals surface area contributed by atoms with Crippen LogP contribution in [0.25, 0.3) is 0 Å². The summed E-state index contributed by atoms with van der Waals surface area (Å²) in [6.07, 6.45) is 4.10. The van der Waals surface area contributed by atoms with Crippen LogP contribution in [-0.4, -0.2) is 38.1 Å². The van der Waals surface area contributed by atoms with E-state index in [4.69, 9.17) is 0 Å². The van der Waals surface area contributed by atoms with Crippen LogP contribution in [-0.2, 0) is 0 Å². The topological polar surface area (TPSA) is 27.3 Å². The third-order valence-corrected chi connectivity index (χ3v) is 1.60. The van der Waals surface area contributed by atoms with E-state index in [1.54, 1.807) is 0 Å². The van der Waals surface area contributed by atoms with Crippen LogP contribution in [0.15, 0.2) is 12.4 Å². The number of rotatable bonds is 3. The molecule has 58 valence electrons. The zero-order valence-corrected chi connectivity index (χ0v) is 6.43. The lowest BCUT2D eigenvalue weighted by Crippen LogP contribution is -2.35. The summed E-state index contributed by atoms with van der Waals surface area (Å²) in [4.78, 5) is 2.30. The second kappa shape index (κ2) is 4.17. The van der Waals surface area contributed by atoms with Crippen LogP contribution in [0, 0.1) is 0 Å². The van der Waals surface area contributed by atoms with Crippen molar-refractivity contribution < 1.29 is 0 Å². The van der Waals surface area contributed by atoms with Gasteiger partial charge in [0.25, 0.3) is 0 Å². The zero-order chi connectivity index (χ0) is 7.23. The summed E-state index contributed by atoms with van der Waals surface area (Å²) in [5.74, 6) is 0. The Morgan fingerprint density at radius 2 is 2.60 bits per heavy atom. The molecule has 10 heavy (non-hydrogen) atoms. The van der Waals surface area contributed by atoms with Crippen molar-refractivity contribution in [1.82, 2.24) is 15.5 Å². The Balaban J connectivity index is 2.13. The number of likely N-dealkylation sites (N-methyl/N-ethyl adjacent to an activating group) is 1. The second-order valence-electron chi connectivity index (χ2n) is 2.41. The molecule has 1 heterocycles. The summed E-state index contributed by atoms with van der Waals surface area (Å²) < 4.78 is 0. The Morgan fingerprint density at radius 1 is 1.70 bits per heavy atom. The van der Waals surface area contributed by atoms with Crippen LogP contribution in [0.5, 0.6) is 0 Å². The Labute approximate surface area is 62.1 Å². The molecule has 0 unspecified atom stereocenters. The van der Waals surface area contributed by atoms with Gasteiger partial charge in [-0.2, -0.15) is 0 Å². The zero-order valence-electron chi connectivity index (χ0n) is 6.43. The highest BCUT2D eigenvalue weighted by atomic mass is 15.2. The van der Waals surface area contributed by atoms with Crippen LogP contribution in [0.4, 0.5) is 0 Å². The first-order chi connectivity index (χ1) is 4.93. The van der Waals surface area contributed by atoms with Gasteiger partial charge in [0.1, 0.15) is 0 Å².